The average molecular weight is 198 g/mol. The van der Waals surface area contributed by atoms with Crippen molar-refractivity contribution in [2.24, 2.45) is 0 Å². The zero-order chi connectivity index (χ0) is 10.3. The molecule has 0 fully saturated rings. The summed E-state index contributed by atoms with van der Waals surface area (Å²) in [6.45, 7) is 2.19. The summed E-state index contributed by atoms with van der Waals surface area (Å²) in [5.74, 6) is 1.11. The maximum Gasteiger partial charge on any atom is 0.137 e. The highest BCUT2D eigenvalue weighted by Crippen LogP contribution is 2.36. The molecule has 1 aromatic carbocycles. The van der Waals surface area contributed by atoms with Crippen LogP contribution in [0, 0.1) is 0 Å². The van der Waals surface area contributed by atoms with Crippen LogP contribution < -0.4 is 0 Å². The molecule has 0 N–H and O–H groups in total. The lowest BCUT2D eigenvalue weighted by Crippen LogP contribution is -2.02. The van der Waals surface area contributed by atoms with Gasteiger partial charge in [0, 0.05) is 11.1 Å². The second kappa shape index (κ2) is 3.27. The Labute approximate surface area is 89.7 Å². The molecule has 0 unspecified atom stereocenters. The number of furan rings is 1. The van der Waals surface area contributed by atoms with E-state index in [-0.39, 0.29) is 0 Å². The van der Waals surface area contributed by atoms with Gasteiger partial charge in [0.05, 0.1) is 6.26 Å². The molecule has 2 aromatic rings. The van der Waals surface area contributed by atoms with Gasteiger partial charge in [0.25, 0.3) is 0 Å². The molecular weight excluding hydrogens is 184 g/mol. The van der Waals surface area contributed by atoms with Gasteiger partial charge in [-0.1, -0.05) is 31.2 Å². The van der Waals surface area contributed by atoms with E-state index < -0.39 is 0 Å². The molecule has 0 radical (unpaired) electrons. The summed E-state index contributed by atoms with van der Waals surface area (Å²) in [5.41, 5.74) is 5.51. The maximum absolute atomic E-state index is 5.70. The molecule has 1 nitrogen and oxygen atoms in total. The predicted octanol–water partition coefficient (Wildman–Crippen LogP) is 3.61. The Hall–Kier alpha value is -1.50. The first-order valence-corrected chi connectivity index (χ1v) is 5.57. The van der Waals surface area contributed by atoms with Gasteiger partial charge in [-0.3, -0.25) is 0 Å². The lowest BCUT2D eigenvalue weighted by molar-refractivity contribution is 0.573. The first-order valence-electron chi connectivity index (χ1n) is 5.57. The number of fused-ring (bicyclic) bond motifs is 3. The van der Waals surface area contributed by atoms with Crippen LogP contribution in [0.25, 0.3) is 11.3 Å². The van der Waals surface area contributed by atoms with Crippen LogP contribution in [0.2, 0.25) is 0 Å². The highest BCUT2D eigenvalue weighted by molar-refractivity contribution is 5.69. The smallest absolute Gasteiger partial charge is 0.137 e. The van der Waals surface area contributed by atoms with Gasteiger partial charge in [0.2, 0.25) is 0 Å². The molecule has 0 atom stereocenters. The Balaban J connectivity index is 2.22. The molecule has 76 valence electrons. The zero-order valence-corrected chi connectivity index (χ0v) is 8.92. The standard InChI is InChI=1S/C14H14O/c1-2-10-9-15-14-12-6-4-3-5-11(12)7-8-13(10)14/h3-6,9H,2,7-8H2,1H3. The predicted molar refractivity (Wildman–Crippen MR) is 60.9 cm³/mol. The van der Waals surface area contributed by atoms with Crippen LogP contribution in [-0.2, 0) is 19.3 Å². The van der Waals surface area contributed by atoms with Crippen LogP contribution in [0.4, 0.5) is 0 Å². The Bertz CT molecular complexity index is 494. The van der Waals surface area contributed by atoms with Crippen molar-refractivity contribution in [3.05, 3.63) is 47.2 Å². The minimum Gasteiger partial charge on any atom is -0.464 e. The monoisotopic (exact) mass is 198 g/mol. The molecule has 0 spiro atoms. The van der Waals surface area contributed by atoms with Gasteiger partial charge < -0.3 is 4.42 Å². The van der Waals surface area contributed by atoms with Gasteiger partial charge in [0.15, 0.2) is 0 Å². The topological polar surface area (TPSA) is 13.1 Å². The minimum absolute atomic E-state index is 1.07. The van der Waals surface area contributed by atoms with E-state index in [2.05, 4.69) is 31.2 Å². The average Bonchev–Trinajstić information content (AvgIpc) is 2.72. The molecule has 0 aliphatic heterocycles. The van der Waals surface area contributed by atoms with E-state index in [0.29, 0.717) is 0 Å². The van der Waals surface area contributed by atoms with Crippen LogP contribution >= 0.6 is 0 Å². The minimum atomic E-state index is 1.07. The summed E-state index contributed by atoms with van der Waals surface area (Å²) in [7, 11) is 0. The van der Waals surface area contributed by atoms with Gasteiger partial charge in [-0.05, 0) is 30.4 Å². The highest BCUT2D eigenvalue weighted by Gasteiger charge is 2.20. The Kier molecular flexibility index (Phi) is 1.91. The number of aryl methyl sites for hydroxylation is 2. The van der Waals surface area contributed by atoms with Gasteiger partial charge >= 0.3 is 0 Å². The first kappa shape index (κ1) is 8.78. The SMILES string of the molecule is CCc1coc2c1CCc1ccccc1-2. The molecule has 0 saturated heterocycles. The summed E-state index contributed by atoms with van der Waals surface area (Å²) in [5, 5.41) is 0. The molecule has 0 bridgehead atoms. The summed E-state index contributed by atoms with van der Waals surface area (Å²) in [4.78, 5) is 0. The Morgan fingerprint density at radius 2 is 2.07 bits per heavy atom. The van der Waals surface area contributed by atoms with E-state index in [9.17, 15) is 0 Å². The van der Waals surface area contributed by atoms with Crippen molar-refractivity contribution in [2.45, 2.75) is 26.2 Å². The fourth-order valence-electron chi connectivity index (χ4n) is 2.43. The van der Waals surface area contributed by atoms with Gasteiger partial charge in [-0.25, -0.2) is 0 Å². The summed E-state index contributed by atoms with van der Waals surface area (Å²) in [6.07, 6.45) is 5.27. The van der Waals surface area contributed by atoms with E-state index in [1.807, 2.05) is 6.26 Å². The molecule has 15 heavy (non-hydrogen) atoms. The third-order valence-corrected chi connectivity index (χ3v) is 3.27. The molecule has 1 aromatic heterocycles. The molecule has 3 rings (SSSR count). The lowest BCUT2D eigenvalue weighted by atomic mass is 9.89. The van der Waals surface area contributed by atoms with Crippen LogP contribution in [0.5, 0.6) is 0 Å². The molecular formula is C14H14O. The number of rotatable bonds is 1. The summed E-state index contributed by atoms with van der Waals surface area (Å²) in [6, 6.07) is 8.55. The fraction of sp³-hybridized carbons (Fsp3) is 0.286. The molecule has 1 heteroatoms. The fourth-order valence-corrected chi connectivity index (χ4v) is 2.43. The van der Waals surface area contributed by atoms with E-state index >= 15 is 0 Å². The number of benzene rings is 1. The van der Waals surface area contributed by atoms with Crippen molar-refractivity contribution >= 4 is 0 Å². The quantitative estimate of drug-likeness (QED) is 0.682. The van der Waals surface area contributed by atoms with Crippen molar-refractivity contribution in [1.82, 2.24) is 0 Å². The lowest BCUT2D eigenvalue weighted by Gasteiger charge is -2.15. The van der Waals surface area contributed by atoms with E-state index in [0.717, 1.165) is 25.0 Å². The largest absolute Gasteiger partial charge is 0.464 e. The van der Waals surface area contributed by atoms with Gasteiger partial charge in [0.1, 0.15) is 5.76 Å². The summed E-state index contributed by atoms with van der Waals surface area (Å²) < 4.78 is 5.70. The van der Waals surface area contributed by atoms with Crippen molar-refractivity contribution in [3.63, 3.8) is 0 Å². The van der Waals surface area contributed by atoms with Crippen molar-refractivity contribution in [1.29, 1.82) is 0 Å². The maximum atomic E-state index is 5.70. The first-order chi connectivity index (χ1) is 7.40. The Morgan fingerprint density at radius 1 is 1.20 bits per heavy atom. The zero-order valence-electron chi connectivity index (χ0n) is 8.92. The molecule has 1 aliphatic carbocycles. The highest BCUT2D eigenvalue weighted by atomic mass is 16.3. The second-order valence-electron chi connectivity index (χ2n) is 4.08. The second-order valence-corrected chi connectivity index (χ2v) is 4.08. The van der Waals surface area contributed by atoms with E-state index in [4.69, 9.17) is 4.42 Å². The molecule has 1 heterocycles. The van der Waals surface area contributed by atoms with Gasteiger partial charge in [-0.15, -0.1) is 0 Å². The van der Waals surface area contributed by atoms with Crippen LogP contribution in [0.15, 0.2) is 34.9 Å². The third kappa shape index (κ3) is 1.23. The van der Waals surface area contributed by atoms with Crippen LogP contribution in [0.1, 0.15) is 23.6 Å². The third-order valence-electron chi connectivity index (χ3n) is 3.27. The summed E-state index contributed by atoms with van der Waals surface area (Å²) >= 11 is 0. The van der Waals surface area contributed by atoms with Crippen molar-refractivity contribution < 1.29 is 4.42 Å². The molecule has 0 saturated carbocycles. The number of hydrogen-bond donors (Lipinski definition) is 0. The molecule has 0 amide bonds. The van der Waals surface area contributed by atoms with Crippen LogP contribution in [0.3, 0.4) is 0 Å². The van der Waals surface area contributed by atoms with Crippen LogP contribution in [-0.4, -0.2) is 0 Å². The van der Waals surface area contributed by atoms with E-state index in [1.54, 1.807) is 0 Å². The normalized spacial score (nSPS) is 13.4. The number of hydrogen-bond acceptors (Lipinski definition) is 1. The van der Waals surface area contributed by atoms with Gasteiger partial charge in [-0.2, -0.15) is 0 Å². The van der Waals surface area contributed by atoms with E-state index in [1.165, 1.54) is 22.3 Å². The molecule has 1 aliphatic rings. The van der Waals surface area contributed by atoms with Crippen molar-refractivity contribution in [3.8, 4) is 11.3 Å². The Morgan fingerprint density at radius 3 is 2.93 bits per heavy atom. The van der Waals surface area contributed by atoms with Crippen molar-refractivity contribution in [2.75, 3.05) is 0 Å².